The molecule has 1 aromatic rings. The molecule has 0 unspecified atom stereocenters. The van der Waals surface area contributed by atoms with Gasteiger partial charge in [-0.05, 0) is 0 Å². The van der Waals surface area contributed by atoms with Crippen molar-refractivity contribution < 1.29 is 9.63 Å². The highest BCUT2D eigenvalue weighted by atomic mass is 32.2. The number of carbonyl (C=O) groups is 1. The number of hydrogen-bond acceptors (Lipinski definition) is 6. The molecular weight excluding hydrogens is 204 g/mol. The summed E-state index contributed by atoms with van der Waals surface area (Å²) in [7, 11) is 1.90. The highest BCUT2D eigenvalue weighted by molar-refractivity contribution is 7.99. The van der Waals surface area contributed by atoms with Gasteiger partial charge in [0.2, 0.25) is 0 Å². The molecule has 0 radical (unpaired) electrons. The smallest absolute Gasteiger partial charge is 0.327 e. The number of hydrogen-bond donors (Lipinski definition) is 2. The molecular formula is C7H12N4O2S. The average molecular weight is 216 g/mol. The van der Waals surface area contributed by atoms with Gasteiger partial charge in [0.05, 0.1) is 6.42 Å². The van der Waals surface area contributed by atoms with Crippen molar-refractivity contribution in [3.63, 3.8) is 0 Å². The number of aromatic nitrogens is 2. The summed E-state index contributed by atoms with van der Waals surface area (Å²) in [5.74, 6) is 5.04. The molecule has 1 aromatic heterocycles. The summed E-state index contributed by atoms with van der Waals surface area (Å²) in [4.78, 5) is 19.3. The maximum atomic E-state index is 10.9. The van der Waals surface area contributed by atoms with E-state index in [1.807, 2.05) is 23.4 Å². The Morgan fingerprint density at radius 3 is 3.21 bits per heavy atom. The standard InChI is InChI=1S/C7H12N4O2S/c1-11-4-3-9-7(11)14-5-2-6(12)13-10-8/h3-4,10H,2,5,8H2,1H3. The van der Waals surface area contributed by atoms with Crippen LogP contribution in [0.5, 0.6) is 0 Å². The van der Waals surface area contributed by atoms with Gasteiger partial charge in [-0.3, -0.25) is 4.79 Å². The lowest BCUT2D eigenvalue weighted by Gasteiger charge is -2.01. The Labute approximate surface area is 85.7 Å². The van der Waals surface area contributed by atoms with E-state index in [2.05, 4.69) is 9.82 Å². The van der Waals surface area contributed by atoms with E-state index >= 15 is 0 Å². The summed E-state index contributed by atoms with van der Waals surface area (Å²) < 4.78 is 1.89. The topological polar surface area (TPSA) is 82.2 Å². The van der Waals surface area contributed by atoms with Crippen molar-refractivity contribution >= 4 is 17.7 Å². The Morgan fingerprint density at radius 1 is 1.86 bits per heavy atom. The monoisotopic (exact) mass is 216 g/mol. The minimum atomic E-state index is -0.380. The van der Waals surface area contributed by atoms with Crippen LogP contribution in [0.25, 0.3) is 0 Å². The number of nitrogens with two attached hydrogens (primary N) is 1. The van der Waals surface area contributed by atoms with Crippen molar-refractivity contribution in [1.29, 1.82) is 0 Å². The van der Waals surface area contributed by atoms with E-state index in [9.17, 15) is 4.79 Å². The molecule has 0 fully saturated rings. The molecule has 0 aromatic carbocycles. The van der Waals surface area contributed by atoms with Crippen LogP contribution in [0, 0.1) is 0 Å². The molecule has 14 heavy (non-hydrogen) atoms. The number of imidazole rings is 1. The Balaban J connectivity index is 2.22. The largest absolute Gasteiger partial charge is 0.356 e. The van der Waals surface area contributed by atoms with Gasteiger partial charge in [-0.1, -0.05) is 17.4 Å². The van der Waals surface area contributed by atoms with E-state index in [4.69, 9.17) is 5.84 Å². The molecule has 3 N–H and O–H groups in total. The second-order valence-electron chi connectivity index (χ2n) is 2.51. The third-order valence-electron chi connectivity index (χ3n) is 1.49. The van der Waals surface area contributed by atoms with Crippen molar-refractivity contribution in [3.05, 3.63) is 12.4 Å². The third kappa shape index (κ3) is 3.36. The van der Waals surface area contributed by atoms with Gasteiger partial charge >= 0.3 is 5.97 Å². The van der Waals surface area contributed by atoms with Crippen LogP contribution < -0.4 is 11.4 Å². The van der Waals surface area contributed by atoms with Crippen molar-refractivity contribution in [2.45, 2.75) is 11.6 Å². The van der Waals surface area contributed by atoms with Crippen molar-refractivity contribution in [3.8, 4) is 0 Å². The first kappa shape index (κ1) is 11.0. The van der Waals surface area contributed by atoms with Crippen LogP contribution in [0.15, 0.2) is 17.6 Å². The normalized spacial score (nSPS) is 10.1. The SMILES string of the molecule is Cn1ccnc1SCCC(=O)ONN. The number of carbonyl (C=O) groups excluding carboxylic acids is 1. The molecule has 78 valence electrons. The Kier molecular flexibility index (Phi) is 4.44. The molecule has 0 amide bonds. The van der Waals surface area contributed by atoms with E-state index in [0.29, 0.717) is 12.2 Å². The second-order valence-corrected chi connectivity index (χ2v) is 3.57. The number of thioether (sulfide) groups is 1. The van der Waals surface area contributed by atoms with Crippen LogP contribution in [-0.2, 0) is 16.7 Å². The minimum absolute atomic E-state index is 0.293. The van der Waals surface area contributed by atoms with E-state index in [1.54, 1.807) is 6.20 Å². The van der Waals surface area contributed by atoms with E-state index in [0.717, 1.165) is 5.16 Å². The van der Waals surface area contributed by atoms with Crippen LogP contribution in [0.4, 0.5) is 0 Å². The van der Waals surface area contributed by atoms with Crippen LogP contribution in [-0.4, -0.2) is 21.3 Å². The molecule has 0 spiro atoms. The molecule has 6 nitrogen and oxygen atoms in total. The number of rotatable bonds is 5. The highest BCUT2D eigenvalue weighted by Crippen LogP contribution is 2.15. The minimum Gasteiger partial charge on any atom is -0.356 e. The Hall–Kier alpha value is -1.05. The fourth-order valence-electron chi connectivity index (χ4n) is 0.833. The number of nitrogens with zero attached hydrogens (tertiary/aromatic N) is 2. The lowest BCUT2D eigenvalue weighted by molar-refractivity contribution is -0.150. The van der Waals surface area contributed by atoms with Crippen LogP contribution in [0.1, 0.15) is 6.42 Å². The summed E-state index contributed by atoms with van der Waals surface area (Å²) in [5, 5.41) is 0.874. The molecule has 0 saturated carbocycles. The number of hydrazine groups is 1. The first-order valence-electron chi connectivity index (χ1n) is 3.99. The summed E-state index contributed by atoms with van der Waals surface area (Å²) in [6, 6.07) is 0. The molecule has 0 aliphatic heterocycles. The molecule has 0 atom stereocenters. The lowest BCUT2D eigenvalue weighted by Crippen LogP contribution is -2.26. The summed E-state index contributed by atoms with van der Waals surface area (Å²) in [6.07, 6.45) is 3.85. The van der Waals surface area contributed by atoms with Gasteiger partial charge in [-0.2, -0.15) is 0 Å². The van der Waals surface area contributed by atoms with Crippen molar-refractivity contribution in [1.82, 2.24) is 15.1 Å². The fourth-order valence-corrected chi connectivity index (χ4v) is 1.68. The highest BCUT2D eigenvalue weighted by Gasteiger charge is 2.04. The first-order chi connectivity index (χ1) is 6.74. The van der Waals surface area contributed by atoms with Gasteiger partial charge in [-0.15, -0.1) is 0 Å². The van der Waals surface area contributed by atoms with Crippen molar-refractivity contribution in [2.24, 2.45) is 12.9 Å². The van der Waals surface area contributed by atoms with Gasteiger partial charge in [0.1, 0.15) is 0 Å². The van der Waals surface area contributed by atoms with E-state index < -0.39 is 0 Å². The Bertz CT molecular complexity index is 302. The van der Waals surface area contributed by atoms with Crippen LogP contribution >= 0.6 is 11.8 Å². The van der Waals surface area contributed by atoms with Gasteiger partial charge < -0.3 is 9.40 Å². The van der Waals surface area contributed by atoms with Gasteiger partial charge in [0.25, 0.3) is 0 Å². The van der Waals surface area contributed by atoms with E-state index in [1.165, 1.54) is 11.8 Å². The molecule has 0 aliphatic rings. The van der Waals surface area contributed by atoms with Gasteiger partial charge in [-0.25, -0.2) is 10.8 Å². The maximum absolute atomic E-state index is 10.9. The molecule has 0 bridgehead atoms. The molecule has 7 heteroatoms. The Morgan fingerprint density at radius 2 is 2.64 bits per heavy atom. The third-order valence-corrected chi connectivity index (χ3v) is 2.55. The maximum Gasteiger partial charge on any atom is 0.327 e. The zero-order valence-corrected chi connectivity index (χ0v) is 8.58. The molecule has 1 heterocycles. The van der Waals surface area contributed by atoms with Crippen LogP contribution in [0.2, 0.25) is 0 Å². The number of aryl methyl sites for hydroxylation is 1. The quantitative estimate of drug-likeness (QED) is 0.404. The average Bonchev–Trinajstić information content (AvgIpc) is 2.52. The molecule has 0 aliphatic carbocycles. The zero-order valence-electron chi connectivity index (χ0n) is 7.77. The first-order valence-corrected chi connectivity index (χ1v) is 4.98. The van der Waals surface area contributed by atoms with Crippen molar-refractivity contribution in [2.75, 3.05) is 5.75 Å². The van der Waals surface area contributed by atoms with Gasteiger partial charge in [0, 0.05) is 25.2 Å². The summed E-state index contributed by atoms with van der Waals surface area (Å²) >= 11 is 1.49. The summed E-state index contributed by atoms with van der Waals surface area (Å²) in [6.45, 7) is 0. The predicted octanol–water partition coefficient (Wildman–Crippen LogP) is -0.176. The van der Waals surface area contributed by atoms with Gasteiger partial charge in [0.15, 0.2) is 5.16 Å². The zero-order chi connectivity index (χ0) is 10.4. The fraction of sp³-hybridized carbons (Fsp3) is 0.429. The molecule has 1 rings (SSSR count). The summed E-state index contributed by atoms with van der Waals surface area (Å²) in [5.41, 5.74) is 1.84. The lowest BCUT2D eigenvalue weighted by atomic mass is 10.5. The van der Waals surface area contributed by atoms with Crippen LogP contribution in [0.3, 0.4) is 0 Å². The second kappa shape index (κ2) is 5.63. The molecule has 0 saturated heterocycles. The predicted molar refractivity (Wildman–Crippen MR) is 52.0 cm³/mol. The number of nitrogens with one attached hydrogen (secondary N) is 1. The van der Waals surface area contributed by atoms with E-state index in [-0.39, 0.29) is 5.97 Å².